The number of imidazole rings is 1. The molecule has 2 N–H and O–H groups in total. The van der Waals surface area contributed by atoms with E-state index in [-0.39, 0.29) is 10.6 Å². The third kappa shape index (κ3) is 2.63. The summed E-state index contributed by atoms with van der Waals surface area (Å²) >= 11 is 0. The zero-order valence-corrected chi connectivity index (χ0v) is 15.6. The van der Waals surface area contributed by atoms with E-state index in [0.29, 0.717) is 24.0 Å². The van der Waals surface area contributed by atoms with Crippen LogP contribution in [-0.2, 0) is 16.4 Å². The van der Waals surface area contributed by atoms with Crippen LogP contribution in [-0.4, -0.2) is 38.0 Å². The SMILES string of the molecule is O=c1[nH]c2ccc(S(=O)(=O)N3CCc4cc(N5CCCC5)ccc43)cc2[nH]1. The first-order chi connectivity index (χ1) is 13.0. The van der Waals surface area contributed by atoms with Crippen LogP contribution in [0.2, 0.25) is 0 Å². The lowest BCUT2D eigenvalue weighted by Gasteiger charge is -2.22. The molecule has 0 aliphatic carbocycles. The summed E-state index contributed by atoms with van der Waals surface area (Å²) in [6.45, 7) is 2.56. The highest BCUT2D eigenvalue weighted by Crippen LogP contribution is 2.36. The first-order valence-corrected chi connectivity index (χ1v) is 10.6. The summed E-state index contributed by atoms with van der Waals surface area (Å²) in [5, 5.41) is 0. The van der Waals surface area contributed by atoms with Crippen molar-refractivity contribution in [3.63, 3.8) is 0 Å². The van der Waals surface area contributed by atoms with Gasteiger partial charge in [0.25, 0.3) is 10.0 Å². The van der Waals surface area contributed by atoms with Gasteiger partial charge in [-0.1, -0.05) is 0 Å². The number of fused-ring (bicyclic) bond motifs is 2. The molecule has 0 radical (unpaired) electrons. The Balaban J connectivity index is 1.52. The zero-order chi connectivity index (χ0) is 18.6. The molecule has 0 bridgehead atoms. The molecular weight excluding hydrogens is 364 g/mol. The Morgan fingerprint density at radius 1 is 0.889 bits per heavy atom. The number of H-pyrrole nitrogens is 2. The highest BCUT2D eigenvalue weighted by Gasteiger charge is 2.31. The van der Waals surface area contributed by atoms with Crippen molar-refractivity contribution < 1.29 is 8.42 Å². The summed E-state index contributed by atoms with van der Waals surface area (Å²) in [6, 6.07) is 10.7. The number of nitrogens with one attached hydrogen (secondary N) is 2. The summed E-state index contributed by atoms with van der Waals surface area (Å²) < 4.78 is 27.9. The van der Waals surface area contributed by atoms with Crippen LogP contribution in [0.5, 0.6) is 0 Å². The highest BCUT2D eigenvalue weighted by atomic mass is 32.2. The smallest absolute Gasteiger partial charge is 0.323 e. The normalized spacial score (nSPS) is 17.0. The Hall–Kier alpha value is -2.74. The van der Waals surface area contributed by atoms with Gasteiger partial charge in [0.05, 0.1) is 21.6 Å². The summed E-state index contributed by atoms with van der Waals surface area (Å²) in [7, 11) is -3.68. The molecule has 0 amide bonds. The van der Waals surface area contributed by atoms with Gasteiger partial charge in [0.1, 0.15) is 0 Å². The number of anilines is 2. The number of aromatic nitrogens is 2. The monoisotopic (exact) mass is 384 g/mol. The van der Waals surface area contributed by atoms with E-state index in [9.17, 15) is 13.2 Å². The molecule has 8 heteroatoms. The number of benzene rings is 2. The van der Waals surface area contributed by atoms with Gasteiger partial charge in [0, 0.05) is 25.3 Å². The first kappa shape index (κ1) is 16.4. The number of hydrogen-bond acceptors (Lipinski definition) is 4. The predicted octanol–water partition coefficient (Wildman–Crippen LogP) is 2.21. The highest BCUT2D eigenvalue weighted by molar-refractivity contribution is 7.92. The number of hydrogen-bond donors (Lipinski definition) is 2. The maximum atomic E-state index is 13.2. The molecule has 0 atom stereocenters. The number of sulfonamides is 1. The second-order valence-corrected chi connectivity index (χ2v) is 8.98. The molecule has 27 heavy (non-hydrogen) atoms. The minimum atomic E-state index is -3.68. The molecule has 1 aromatic heterocycles. The Morgan fingerprint density at radius 2 is 1.67 bits per heavy atom. The molecule has 7 nitrogen and oxygen atoms in total. The molecule has 2 aliphatic heterocycles. The summed E-state index contributed by atoms with van der Waals surface area (Å²) in [5.74, 6) is 0. The van der Waals surface area contributed by atoms with E-state index < -0.39 is 10.0 Å². The topological polar surface area (TPSA) is 89.3 Å². The standard InChI is InChI=1S/C19H20N4O3S/c24-19-20-16-5-4-15(12-17(16)21-19)27(25,26)23-10-7-13-11-14(3-6-18(13)23)22-8-1-2-9-22/h3-6,11-12H,1-2,7-10H2,(H2,20,21,24). The van der Waals surface area contributed by atoms with E-state index in [4.69, 9.17) is 0 Å². The molecule has 0 unspecified atom stereocenters. The van der Waals surface area contributed by atoms with Crippen molar-refractivity contribution in [2.75, 3.05) is 28.8 Å². The molecule has 2 aliphatic rings. The average Bonchev–Trinajstić information content (AvgIpc) is 3.38. The van der Waals surface area contributed by atoms with E-state index in [1.165, 1.54) is 35.0 Å². The molecular formula is C19H20N4O3S. The fourth-order valence-electron chi connectivity index (χ4n) is 4.08. The van der Waals surface area contributed by atoms with Crippen LogP contribution in [0.4, 0.5) is 11.4 Å². The fraction of sp³-hybridized carbons (Fsp3) is 0.316. The summed E-state index contributed by atoms with van der Waals surface area (Å²) in [4.78, 5) is 19.2. The molecule has 3 aromatic rings. The Morgan fingerprint density at radius 3 is 2.48 bits per heavy atom. The second kappa shape index (κ2) is 5.88. The lowest BCUT2D eigenvalue weighted by atomic mass is 10.1. The van der Waals surface area contributed by atoms with E-state index in [0.717, 1.165) is 24.3 Å². The molecule has 1 fully saturated rings. The van der Waals surface area contributed by atoms with Crippen LogP contribution in [0.15, 0.2) is 46.1 Å². The van der Waals surface area contributed by atoms with Crippen LogP contribution in [0.3, 0.4) is 0 Å². The first-order valence-electron chi connectivity index (χ1n) is 9.15. The minimum absolute atomic E-state index is 0.182. The van der Waals surface area contributed by atoms with Crippen molar-refractivity contribution in [2.45, 2.75) is 24.2 Å². The molecule has 3 heterocycles. The molecule has 0 saturated carbocycles. The summed E-state index contributed by atoms with van der Waals surface area (Å²) in [6.07, 6.45) is 3.13. The number of nitrogens with zero attached hydrogens (tertiary/aromatic N) is 2. The van der Waals surface area contributed by atoms with Gasteiger partial charge in [-0.25, -0.2) is 13.2 Å². The third-order valence-electron chi connectivity index (χ3n) is 5.46. The van der Waals surface area contributed by atoms with Gasteiger partial charge in [-0.05, 0) is 61.2 Å². The van der Waals surface area contributed by atoms with Crippen molar-refractivity contribution in [3.05, 3.63) is 52.4 Å². The van der Waals surface area contributed by atoms with Gasteiger partial charge >= 0.3 is 5.69 Å². The number of rotatable bonds is 3. The zero-order valence-electron chi connectivity index (χ0n) is 14.7. The van der Waals surface area contributed by atoms with Gasteiger partial charge in [-0.15, -0.1) is 0 Å². The summed E-state index contributed by atoms with van der Waals surface area (Å²) in [5.41, 5.74) is 3.73. The van der Waals surface area contributed by atoms with Crippen molar-refractivity contribution in [3.8, 4) is 0 Å². The predicted molar refractivity (Wildman–Crippen MR) is 105 cm³/mol. The molecule has 1 saturated heterocycles. The lowest BCUT2D eigenvalue weighted by Crippen LogP contribution is -2.29. The molecule has 5 rings (SSSR count). The van der Waals surface area contributed by atoms with Gasteiger partial charge < -0.3 is 14.9 Å². The van der Waals surface area contributed by atoms with Gasteiger partial charge in [-0.2, -0.15) is 0 Å². The molecule has 0 spiro atoms. The van der Waals surface area contributed by atoms with Crippen LogP contribution >= 0.6 is 0 Å². The van der Waals surface area contributed by atoms with Gasteiger partial charge in [0.2, 0.25) is 0 Å². The van der Waals surface area contributed by atoms with Crippen LogP contribution in [0, 0.1) is 0 Å². The van der Waals surface area contributed by atoms with E-state index in [2.05, 4.69) is 20.9 Å². The average molecular weight is 384 g/mol. The lowest BCUT2D eigenvalue weighted by molar-refractivity contribution is 0.592. The van der Waals surface area contributed by atoms with Crippen molar-refractivity contribution in [2.24, 2.45) is 0 Å². The van der Waals surface area contributed by atoms with Gasteiger partial charge in [-0.3, -0.25) is 4.31 Å². The van der Waals surface area contributed by atoms with E-state index >= 15 is 0 Å². The van der Waals surface area contributed by atoms with E-state index in [1.54, 1.807) is 6.07 Å². The Labute approximate surface area is 156 Å². The molecule has 140 valence electrons. The van der Waals surface area contributed by atoms with Gasteiger partial charge in [0.15, 0.2) is 0 Å². The fourth-order valence-corrected chi connectivity index (χ4v) is 5.61. The van der Waals surface area contributed by atoms with Crippen molar-refractivity contribution in [1.82, 2.24) is 9.97 Å². The molecule has 2 aromatic carbocycles. The van der Waals surface area contributed by atoms with Crippen molar-refractivity contribution >= 4 is 32.4 Å². The second-order valence-electron chi connectivity index (χ2n) is 7.12. The maximum absolute atomic E-state index is 13.2. The van der Waals surface area contributed by atoms with Crippen LogP contribution < -0.4 is 14.9 Å². The van der Waals surface area contributed by atoms with Crippen LogP contribution in [0.1, 0.15) is 18.4 Å². The third-order valence-corrected chi connectivity index (χ3v) is 7.27. The van der Waals surface area contributed by atoms with Crippen molar-refractivity contribution in [1.29, 1.82) is 0 Å². The van der Waals surface area contributed by atoms with Crippen LogP contribution in [0.25, 0.3) is 11.0 Å². The quantitative estimate of drug-likeness (QED) is 0.725. The maximum Gasteiger partial charge on any atom is 0.323 e. The largest absolute Gasteiger partial charge is 0.372 e. The van der Waals surface area contributed by atoms with E-state index in [1.807, 2.05) is 12.1 Å². The number of aromatic amines is 2. The Kier molecular flexibility index (Phi) is 3.58. The minimum Gasteiger partial charge on any atom is -0.372 e. The Bertz CT molecular complexity index is 1190.